The molecule has 1 heterocycles. The number of hydrogen-bond donors (Lipinski definition) is 1. The molecule has 2 heteroatoms. The summed E-state index contributed by atoms with van der Waals surface area (Å²) in [6.45, 7) is 5.66. The summed E-state index contributed by atoms with van der Waals surface area (Å²) >= 11 is 0. The minimum atomic E-state index is -0.0620. The normalized spacial score (nSPS) is 26.3. The molecule has 18 heavy (non-hydrogen) atoms. The van der Waals surface area contributed by atoms with Gasteiger partial charge in [0.05, 0.1) is 6.10 Å². The molecule has 0 radical (unpaired) electrons. The van der Waals surface area contributed by atoms with Gasteiger partial charge in [0.1, 0.15) is 0 Å². The van der Waals surface area contributed by atoms with Crippen LogP contribution in [0.1, 0.15) is 64.7 Å². The molecule has 1 atom stereocenters. The van der Waals surface area contributed by atoms with Crippen molar-refractivity contribution >= 4 is 0 Å². The largest absolute Gasteiger partial charge is 0.392 e. The minimum Gasteiger partial charge on any atom is -0.392 e. The molecule has 1 saturated carbocycles. The molecule has 0 amide bonds. The summed E-state index contributed by atoms with van der Waals surface area (Å²) in [7, 11) is 0. The predicted molar refractivity (Wildman–Crippen MR) is 76.7 cm³/mol. The van der Waals surface area contributed by atoms with Gasteiger partial charge in [-0.1, -0.05) is 39.0 Å². The number of likely N-dealkylation sites (tertiary alicyclic amines) is 1. The van der Waals surface area contributed by atoms with Crippen LogP contribution in [0.5, 0.6) is 0 Å². The van der Waals surface area contributed by atoms with E-state index in [1.54, 1.807) is 0 Å². The Morgan fingerprint density at radius 1 is 1.06 bits per heavy atom. The summed E-state index contributed by atoms with van der Waals surface area (Å²) in [5.74, 6) is 1.55. The van der Waals surface area contributed by atoms with E-state index in [0.717, 1.165) is 12.5 Å². The first-order valence-corrected chi connectivity index (χ1v) is 8.20. The summed E-state index contributed by atoms with van der Waals surface area (Å²) in [5.41, 5.74) is 0. The second-order valence-electron chi connectivity index (χ2n) is 6.50. The van der Waals surface area contributed by atoms with Gasteiger partial charge in [0.25, 0.3) is 0 Å². The van der Waals surface area contributed by atoms with E-state index in [2.05, 4.69) is 11.8 Å². The molecule has 1 aliphatic heterocycles. The van der Waals surface area contributed by atoms with Crippen LogP contribution in [0.15, 0.2) is 0 Å². The van der Waals surface area contributed by atoms with Crippen LogP contribution in [-0.4, -0.2) is 35.7 Å². The highest BCUT2D eigenvalue weighted by Gasteiger charge is 2.25. The van der Waals surface area contributed by atoms with Crippen LogP contribution < -0.4 is 0 Å². The first-order valence-electron chi connectivity index (χ1n) is 8.20. The molecular weight excluding hydrogens is 222 g/mol. The van der Waals surface area contributed by atoms with Crippen molar-refractivity contribution in [2.24, 2.45) is 11.8 Å². The van der Waals surface area contributed by atoms with E-state index < -0.39 is 0 Å². The standard InChI is InChI=1S/C16H31NO/c1-2-6-14-9-11-17(12-10-14)13-16(18)15-7-4-3-5-8-15/h14-16,18H,2-13H2,1H3. The summed E-state index contributed by atoms with van der Waals surface area (Å²) in [5, 5.41) is 10.4. The topological polar surface area (TPSA) is 23.5 Å². The molecule has 0 aromatic rings. The SMILES string of the molecule is CCCC1CCN(CC(O)C2CCCCC2)CC1. The molecule has 2 fully saturated rings. The number of β-amino-alcohol motifs (C(OH)–C–C–N with tert-alkyl or cyclic N) is 1. The van der Waals surface area contributed by atoms with Gasteiger partial charge in [-0.3, -0.25) is 0 Å². The molecule has 0 aromatic carbocycles. The van der Waals surface area contributed by atoms with Crippen molar-refractivity contribution in [3.8, 4) is 0 Å². The highest BCUT2D eigenvalue weighted by molar-refractivity contribution is 4.79. The van der Waals surface area contributed by atoms with Gasteiger partial charge in [-0.25, -0.2) is 0 Å². The third-order valence-corrected chi connectivity index (χ3v) is 5.04. The lowest BCUT2D eigenvalue weighted by Crippen LogP contribution is -2.41. The van der Waals surface area contributed by atoms with Gasteiger partial charge in [0, 0.05) is 6.54 Å². The summed E-state index contributed by atoms with van der Waals surface area (Å²) in [6, 6.07) is 0. The zero-order chi connectivity index (χ0) is 12.8. The molecule has 1 saturated heterocycles. The lowest BCUT2D eigenvalue weighted by molar-refractivity contribution is 0.0359. The molecule has 1 N–H and O–H groups in total. The molecule has 1 aliphatic carbocycles. The maximum absolute atomic E-state index is 10.4. The summed E-state index contributed by atoms with van der Waals surface area (Å²) < 4.78 is 0. The molecule has 2 rings (SSSR count). The molecule has 2 aliphatic rings. The monoisotopic (exact) mass is 253 g/mol. The van der Waals surface area contributed by atoms with Crippen molar-refractivity contribution in [2.45, 2.75) is 70.8 Å². The van der Waals surface area contributed by atoms with Crippen molar-refractivity contribution in [3.63, 3.8) is 0 Å². The van der Waals surface area contributed by atoms with E-state index in [4.69, 9.17) is 0 Å². The Labute approximate surface area is 113 Å². The van der Waals surface area contributed by atoms with Crippen LogP contribution in [0, 0.1) is 11.8 Å². The minimum absolute atomic E-state index is 0.0620. The van der Waals surface area contributed by atoms with Gasteiger partial charge < -0.3 is 10.0 Å². The zero-order valence-corrected chi connectivity index (χ0v) is 12.1. The molecule has 0 aromatic heterocycles. The third kappa shape index (κ3) is 4.24. The smallest absolute Gasteiger partial charge is 0.0695 e. The Morgan fingerprint density at radius 3 is 2.33 bits per heavy atom. The van der Waals surface area contributed by atoms with E-state index in [1.807, 2.05) is 0 Å². The van der Waals surface area contributed by atoms with Crippen molar-refractivity contribution in [3.05, 3.63) is 0 Å². The van der Waals surface area contributed by atoms with Crippen molar-refractivity contribution in [2.75, 3.05) is 19.6 Å². The molecule has 0 bridgehead atoms. The zero-order valence-electron chi connectivity index (χ0n) is 12.1. The van der Waals surface area contributed by atoms with Crippen LogP contribution in [-0.2, 0) is 0 Å². The Kier molecular flexibility index (Phi) is 5.97. The maximum Gasteiger partial charge on any atom is 0.0695 e. The van der Waals surface area contributed by atoms with E-state index in [1.165, 1.54) is 70.9 Å². The quantitative estimate of drug-likeness (QED) is 0.811. The Balaban J connectivity index is 1.67. The summed E-state index contributed by atoms with van der Waals surface area (Å²) in [6.07, 6.45) is 11.9. The average molecular weight is 253 g/mol. The lowest BCUT2D eigenvalue weighted by atomic mass is 9.84. The van der Waals surface area contributed by atoms with Gasteiger partial charge in [-0.05, 0) is 50.6 Å². The van der Waals surface area contributed by atoms with E-state index in [0.29, 0.717) is 5.92 Å². The highest BCUT2D eigenvalue weighted by Crippen LogP contribution is 2.28. The molecule has 2 nitrogen and oxygen atoms in total. The fourth-order valence-corrected chi connectivity index (χ4v) is 3.80. The molecule has 106 valence electrons. The van der Waals surface area contributed by atoms with E-state index in [-0.39, 0.29) is 6.10 Å². The maximum atomic E-state index is 10.4. The van der Waals surface area contributed by atoms with Crippen molar-refractivity contribution in [1.29, 1.82) is 0 Å². The number of rotatable bonds is 5. The van der Waals surface area contributed by atoms with Crippen LogP contribution in [0.4, 0.5) is 0 Å². The van der Waals surface area contributed by atoms with E-state index in [9.17, 15) is 5.11 Å². The van der Waals surface area contributed by atoms with Gasteiger partial charge in [-0.15, -0.1) is 0 Å². The molecular formula is C16H31NO. The Hall–Kier alpha value is -0.0800. The Morgan fingerprint density at radius 2 is 1.72 bits per heavy atom. The van der Waals surface area contributed by atoms with Gasteiger partial charge in [0.2, 0.25) is 0 Å². The van der Waals surface area contributed by atoms with Crippen molar-refractivity contribution in [1.82, 2.24) is 4.90 Å². The second kappa shape index (κ2) is 7.49. The first-order chi connectivity index (χ1) is 8.79. The fraction of sp³-hybridized carbons (Fsp3) is 1.00. The van der Waals surface area contributed by atoms with Crippen molar-refractivity contribution < 1.29 is 5.11 Å². The highest BCUT2D eigenvalue weighted by atomic mass is 16.3. The fourth-order valence-electron chi connectivity index (χ4n) is 3.80. The number of aliphatic hydroxyl groups excluding tert-OH is 1. The number of aliphatic hydroxyl groups is 1. The number of piperidine rings is 1. The van der Waals surface area contributed by atoms with Crippen LogP contribution >= 0.6 is 0 Å². The lowest BCUT2D eigenvalue weighted by Gasteiger charge is -2.35. The number of hydrogen-bond acceptors (Lipinski definition) is 2. The van der Waals surface area contributed by atoms with Gasteiger partial charge in [0.15, 0.2) is 0 Å². The average Bonchev–Trinajstić information content (AvgIpc) is 2.42. The van der Waals surface area contributed by atoms with E-state index >= 15 is 0 Å². The van der Waals surface area contributed by atoms with Crippen LogP contribution in [0.2, 0.25) is 0 Å². The summed E-state index contributed by atoms with van der Waals surface area (Å²) in [4.78, 5) is 2.51. The first kappa shape index (κ1) is 14.3. The Bertz CT molecular complexity index is 217. The third-order valence-electron chi connectivity index (χ3n) is 5.04. The molecule has 1 unspecified atom stereocenters. The number of nitrogens with zero attached hydrogens (tertiary/aromatic N) is 1. The predicted octanol–water partition coefficient (Wildman–Crippen LogP) is 3.44. The molecule has 0 spiro atoms. The van der Waals surface area contributed by atoms with Crippen LogP contribution in [0.3, 0.4) is 0 Å². The van der Waals surface area contributed by atoms with Gasteiger partial charge >= 0.3 is 0 Å². The second-order valence-corrected chi connectivity index (χ2v) is 6.50. The van der Waals surface area contributed by atoms with Crippen LogP contribution in [0.25, 0.3) is 0 Å². The van der Waals surface area contributed by atoms with Gasteiger partial charge in [-0.2, -0.15) is 0 Å².